The van der Waals surface area contributed by atoms with E-state index in [0.717, 1.165) is 0 Å². The number of aliphatic imine (C=N–C) groups is 1. The van der Waals surface area contributed by atoms with Crippen LogP contribution in [0.3, 0.4) is 0 Å². The Bertz CT molecular complexity index is 432. The van der Waals surface area contributed by atoms with E-state index in [0.29, 0.717) is 6.42 Å². The molecule has 10 N–H and O–H groups in total. The molecular weight excluding hydrogens is 312 g/mol. The maximum absolute atomic E-state index is 11.2. The first kappa shape index (κ1) is 19.5. The zero-order valence-electron chi connectivity index (χ0n) is 12.5. The number of aliphatic hydroxyl groups excluding tert-OH is 3. The Morgan fingerprint density at radius 1 is 1.39 bits per heavy atom. The first-order valence-corrected chi connectivity index (χ1v) is 7.09. The Morgan fingerprint density at radius 2 is 2.04 bits per heavy atom. The number of nitrogens with two attached hydrogens (primary N) is 2. The van der Waals surface area contributed by atoms with Crippen molar-refractivity contribution < 1.29 is 35.1 Å². The van der Waals surface area contributed by atoms with Gasteiger partial charge in [-0.05, 0) is 12.8 Å². The first-order chi connectivity index (χ1) is 10.7. The van der Waals surface area contributed by atoms with Gasteiger partial charge in [0, 0.05) is 6.54 Å². The highest BCUT2D eigenvalue weighted by Crippen LogP contribution is 2.23. The van der Waals surface area contributed by atoms with Crippen molar-refractivity contribution >= 4 is 11.9 Å². The minimum absolute atomic E-state index is 0.0922. The third-order valence-electron chi connectivity index (χ3n) is 3.53. The molecule has 1 saturated heterocycles. The second kappa shape index (κ2) is 8.38. The average Bonchev–Trinajstić information content (AvgIpc) is 2.48. The van der Waals surface area contributed by atoms with Crippen molar-refractivity contribution in [2.24, 2.45) is 16.5 Å². The number of ether oxygens (including phenoxy) is 1. The van der Waals surface area contributed by atoms with Crippen LogP contribution in [-0.2, 0) is 9.53 Å². The van der Waals surface area contributed by atoms with E-state index in [-0.39, 0.29) is 18.9 Å². The van der Waals surface area contributed by atoms with Gasteiger partial charge in [-0.3, -0.25) is 15.1 Å². The van der Waals surface area contributed by atoms with Crippen LogP contribution in [0.2, 0.25) is 0 Å². The van der Waals surface area contributed by atoms with Crippen molar-refractivity contribution in [2.45, 2.75) is 43.0 Å². The van der Waals surface area contributed by atoms with Gasteiger partial charge in [-0.15, -0.1) is 0 Å². The van der Waals surface area contributed by atoms with Gasteiger partial charge in [-0.25, -0.2) is 0 Å². The molecule has 134 valence electrons. The Balaban J connectivity index is 2.54. The lowest BCUT2D eigenvalue weighted by Crippen LogP contribution is -2.65. The summed E-state index contributed by atoms with van der Waals surface area (Å²) >= 11 is 0. The molecule has 0 aromatic heterocycles. The van der Waals surface area contributed by atoms with Crippen molar-refractivity contribution in [1.82, 2.24) is 5.32 Å². The van der Waals surface area contributed by atoms with Crippen LogP contribution in [0.5, 0.6) is 0 Å². The molecule has 0 amide bonds. The van der Waals surface area contributed by atoms with Gasteiger partial charge in [-0.2, -0.15) is 0 Å². The molecule has 5 atom stereocenters. The maximum Gasteiger partial charge on any atom is 0.320 e. The predicted molar refractivity (Wildman–Crippen MR) is 78.3 cm³/mol. The van der Waals surface area contributed by atoms with Gasteiger partial charge in [0.05, 0.1) is 13.2 Å². The van der Waals surface area contributed by atoms with Gasteiger partial charge in [0.15, 0.2) is 5.96 Å². The number of hydrogen-bond donors (Lipinski definition) is 8. The fourth-order valence-electron chi connectivity index (χ4n) is 2.13. The van der Waals surface area contributed by atoms with Crippen molar-refractivity contribution in [3.63, 3.8) is 0 Å². The quantitative estimate of drug-likeness (QED) is 0.122. The monoisotopic (exact) mass is 336 g/mol. The predicted octanol–water partition coefficient (Wildman–Crippen LogP) is -4.12. The highest BCUT2D eigenvalue weighted by molar-refractivity contribution is 5.75. The van der Waals surface area contributed by atoms with E-state index >= 15 is 0 Å². The summed E-state index contributed by atoms with van der Waals surface area (Å²) in [5.41, 5.74) is 10.3. The second-order valence-electron chi connectivity index (χ2n) is 5.38. The Morgan fingerprint density at radius 3 is 2.61 bits per heavy atom. The first-order valence-electron chi connectivity index (χ1n) is 7.09. The minimum atomic E-state index is -2.20. The molecule has 0 spiro atoms. The molecule has 0 saturated carbocycles. The van der Waals surface area contributed by atoms with Gasteiger partial charge in [0.1, 0.15) is 24.4 Å². The van der Waals surface area contributed by atoms with Crippen LogP contribution in [0, 0.1) is 0 Å². The second-order valence-corrected chi connectivity index (χ2v) is 5.38. The molecule has 0 bridgehead atoms. The van der Waals surface area contributed by atoms with E-state index < -0.39 is 49.3 Å². The van der Waals surface area contributed by atoms with Crippen LogP contribution in [0.4, 0.5) is 0 Å². The van der Waals surface area contributed by atoms with Crippen molar-refractivity contribution in [3.8, 4) is 0 Å². The molecule has 23 heavy (non-hydrogen) atoms. The number of carboxylic acid groups (broad SMARTS) is 1. The molecule has 0 radical (unpaired) electrons. The van der Waals surface area contributed by atoms with E-state index in [9.17, 15) is 25.2 Å². The Labute approximate surface area is 132 Å². The van der Waals surface area contributed by atoms with Gasteiger partial charge in [0.25, 0.3) is 0 Å². The minimum Gasteiger partial charge on any atom is -0.480 e. The molecule has 3 unspecified atom stereocenters. The van der Waals surface area contributed by atoms with Gasteiger partial charge < -0.3 is 41.7 Å². The van der Waals surface area contributed by atoms with Crippen molar-refractivity contribution in [2.75, 3.05) is 19.7 Å². The summed E-state index contributed by atoms with van der Waals surface area (Å²) in [5.74, 6) is -3.46. The van der Waals surface area contributed by atoms with E-state index in [1.165, 1.54) is 0 Å². The van der Waals surface area contributed by atoms with Crippen LogP contribution < -0.4 is 16.8 Å². The molecule has 1 fully saturated rings. The molecule has 0 aromatic rings. The number of hydrogen-bond acceptors (Lipinski definition) is 8. The van der Waals surface area contributed by atoms with E-state index in [1.54, 1.807) is 0 Å². The summed E-state index contributed by atoms with van der Waals surface area (Å²) in [6.07, 6.45) is -4.16. The standard InChI is InChI=1S/C12H24N4O7/c13-11(14)15-3-1-2-6(10(20)21)16-5-12(22)9(19)8(18)7(17)4-23-12/h6-9,16-19,22H,1-5H2,(H,20,21)(H4,13,14,15)/t6?,7-,8?,9?,12-/m1/s1. The van der Waals surface area contributed by atoms with Gasteiger partial charge in [0.2, 0.25) is 5.79 Å². The normalized spacial score (nSPS) is 32.3. The fraction of sp³-hybridized carbons (Fsp3) is 0.833. The summed E-state index contributed by atoms with van der Waals surface area (Å²) in [6, 6.07) is -1.03. The van der Waals surface area contributed by atoms with E-state index in [4.69, 9.17) is 21.3 Å². The van der Waals surface area contributed by atoms with Crippen molar-refractivity contribution in [1.29, 1.82) is 0 Å². The third kappa shape index (κ3) is 5.57. The molecule has 11 nitrogen and oxygen atoms in total. The SMILES string of the molecule is NC(N)=NCCCC(NC[C@@]1(O)OC[C@@H](O)C(O)C1O)C(=O)O. The van der Waals surface area contributed by atoms with Crippen LogP contribution in [0.25, 0.3) is 0 Å². The van der Waals surface area contributed by atoms with E-state index in [1.807, 2.05) is 0 Å². The molecule has 1 aliphatic rings. The number of nitrogens with zero attached hydrogens (tertiary/aromatic N) is 1. The summed E-state index contributed by atoms with van der Waals surface area (Å²) < 4.78 is 4.93. The summed E-state index contributed by atoms with van der Waals surface area (Å²) in [4.78, 5) is 14.9. The highest BCUT2D eigenvalue weighted by atomic mass is 16.6. The lowest BCUT2D eigenvalue weighted by Gasteiger charge is -2.42. The van der Waals surface area contributed by atoms with E-state index in [2.05, 4.69) is 10.3 Å². The number of guanidine groups is 1. The maximum atomic E-state index is 11.2. The Hall–Kier alpha value is -1.50. The molecular formula is C12H24N4O7. The number of aliphatic hydroxyl groups is 4. The lowest BCUT2D eigenvalue weighted by molar-refractivity contribution is -0.318. The Kier molecular flexibility index (Phi) is 7.12. The number of carboxylic acids is 1. The topological polar surface area (TPSA) is 204 Å². The lowest BCUT2D eigenvalue weighted by atomic mass is 9.96. The summed E-state index contributed by atoms with van der Waals surface area (Å²) in [6.45, 7) is -0.585. The molecule has 11 heteroatoms. The van der Waals surface area contributed by atoms with Crippen LogP contribution in [0.15, 0.2) is 4.99 Å². The van der Waals surface area contributed by atoms with Crippen LogP contribution in [-0.4, -0.2) is 87.3 Å². The molecule has 1 heterocycles. The summed E-state index contributed by atoms with van der Waals surface area (Å²) in [5, 5.41) is 50.5. The smallest absolute Gasteiger partial charge is 0.320 e. The largest absolute Gasteiger partial charge is 0.480 e. The fourth-order valence-corrected chi connectivity index (χ4v) is 2.13. The number of nitrogens with one attached hydrogen (secondary N) is 1. The third-order valence-corrected chi connectivity index (χ3v) is 3.53. The molecule has 1 aliphatic heterocycles. The molecule has 0 aromatic carbocycles. The van der Waals surface area contributed by atoms with Gasteiger partial charge >= 0.3 is 5.97 Å². The van der Waals surface area contributed by atoms with Crippen LogP contribution >= 0.6 is 0 Å². The zero-order valence-corrected chi connectivity index (χ0v) is 12.5. The summed E-state index contributed by atoms with van der Waals surface area (Å²) in [7, 11) is 0. The van der Waals surface area contributed by atoms with Crippen molar-refractivity contribution in [3.05, 3.63) is 0 Å². The van der Waals surface area contributed by atoms with Gasteiger partial charge in [-0.1, -0.05) is 0 Å². The van der Waals surface area contributed by atoms with Crippen LogP contribution in [0.1, 0.15) is 12.8 Å². The number of rotatable bonds is 8. The number of aliphatic carboxylic acids is 1. The highest BCUT2D eigenvalue weighted by Gasteiger charge is 2.48. The zero-order chi connectivity index (χ0) is 17.6. The molecule has 0 aliphatic carbocycles. The average molecular weight is 336 g/mol. The number of carbonyl (C=O) groups is 1. The molecule has 1 rings (SSSR count).